The van der Waals surface area contributed by atoms with Gasteiger partial charge >= 0.3 is 5.97 Å². The molecule has 0 unspecified atom stereocenters. The molecule has 0 aliphatic carbocycles. The molecule has 0 radical (unpaired) electrons. The molecular formula is C13H14O3. The van der Waals surface area contributed by atoms with Gasteiger partial charge in [0.05, 0.1) is 12.7 Å². The lowest BCUT2D eigenvalue weighted by Crippen LogP contribution is -2.00. The first-order valence-electron chi connectivity index (χ1n) is 5.09. The normalized spacial score (nSPS) is 9.12. The molecule has 0 bridgehead atoms. The van der Waals surface area contributed by atoms with Crippen molar-refractivity contribution in [2.24, 2.45) is 0 Å². The van der Waals surface area contributed by atoms with Crippen molar-refractivity contribution >= 4 is 5.97 Å². The number of ether oxygens (including phenoxy) is 1. The summed E-state index contributed by atoms with van der Waals surface area (Å²) in [4.78, 5) is 10.9. The minimum atomic E-state index is -0.969. The molecule has 3 nitrogen and oxygen atoms in total. The van der Waals surface area contributed by atoms with Gasteiger partial charge in [-0.2, -0.15) is 0 Å². The third kappa shape index (κ3) is 3.03. The van der Waals surface area contributed by atoms with Gasteiger partial charge in [-0.15, -0.1) is 0 Å². The highest BCUT2D eigenvalue weighted by atomic mass is 16.5. The molecule has 0 atom stereocenters. The predicted molar refractivity (Wildman–Crippen MR) is 61.7 cm³/mol. The highest BCUT2D eigenvalue weighted by molar-refractivity contribution is 5.91. The number of aromatic carboxylic acids is 1. The summed E-state index contributed by atoms with van der Waals surface area (Å²) >= 11 is 0. The lowest BCUT2D eigenvalue weighted by molar-refractivity contribution is 0.0696. The first kappa shape index (κ1) is 12.1. The quantitative estimate of drug-likeness (QED) is 0.793. The lowest BCUT2D eigenvalue weighted by atomic mass is 10.1. The van der Waals surface area contributed by atoms with Gasteiger partial charge < -0.3 is 9.84 Å². The Kier molecular flexibility index (Phi) is 4.41. The molecule has 1 aromatic carbocycles. The van der Waals surface area contributed by atoms with Crippen LogP contribution >= 0.6 is 0 Å². The molecule has 0 aliphatic rings. The molecule has 84 valence electrons. The second-order valence-electron chi connectivity index (χ2n) is 3.27. The lowest BCUT2D eigenvalue weighted by Gasteiger charge is -2.03. The summed E-state index contributed by atoms with van der Waals surface area (Å²) in [7, 11) is 1.54. The average molecular weight is 218 g/mol. The maximum absolute atomic E-state index is 10.9. The van der Waals surface area contributed by atoms with Crippen LogP contribution in [0.4, 0.5) is 0 Å². The van der Waals surface area contributed by atoms with Crippen LogP contribution in [0.3, 0.4) is 0 Å². The van der Waals surface area contributed by atoms with Crippen LogP contribution in [0.5, 0.6) is 5.75 Å². The number of hydrogen-bond donors (Lipinski definition) is 1. The summed E-state index contributed by atoms with van der Waals surface area (Å²) < 4.78 is 5.04. The second-order valence-corrected chi connectivity index (χ2v) is 3.27. The molecular weight excluding hydrogens is 204 g/mol. The third-order valence-electron chi connectivity index (χ3n) is 2.06. The van der Waals surface area contributed by atoms with Crippen molar-refractivity contribution in [1.82, 2.24) is 0 Å². The van der Waals surface area contributed by atoms with E-state index in [-0.39, 0.29) is 5.56 Å². The van der Waals surface area contributed by atoms with Gasteiger partial charge in [0.15, 0.2) is 0 Å². The first-order chi connectivity index (χ1) is 7.69. The molecule has 0 fully saturated rings. The SMILES string of the molecule is CCCC#Cc1cc(OC)ccc1C(=O)O. The van der Waals surface area contributed by atoms with Crippen LogP contribution in [0.15, 0.2) is 18.2 Å². The Morgan fingerprint density at radius 2 is 2.25 bits per heavy atom. The molecule has 1 rings (SSSR count). The van der Waals surface area contributed by atoms with Gasteiger partial charge in [0.1, 0.15) is 5.75 Å². The third-order valence-corrected chi connectivity index (χ3v) is 2.06. The smallest absolute Gasteiger partial charge is 0.336 e. The molecule has 0 amide bonds. The number of hydrogen-bond acceptors (Lipinski definition) is 2. The van der Waals surface area contributed by atoms with E-state index in [0.29, 0.717) is 11.3 Å². The minimum Gasteiger partial charge on any atom is -0.497 e. The van der Waals surface area contributed by atoms with E-state index >= 15 is 0 Å². The van der Waals surface area contributed by atoms with Gasteiger partial charge in [-0.1, -0.05) is 18.8 Å². The topological polar surface area (TPSA) is 46.5 Å². The molecule has 0 aromatic heterocycles. The molecule has 0 saturated heterocycles. The summed E-state index contributed by atoms with van der Waals surface area (Å²) in [6, 6.07) is 4.78. The number of rotatable bonds is 3. The van der Waals surface area contributed by atoms with E-state index in [1.54, 1.807) is 19.2 Å². The zero-order valence-corrected chi connectivity index (χ0v) is 9.41. The largest absolute Gasteiger partial charge is 0.497 e. The number of benzene rings is 1. The number of methoxy groups -OCH3 is 1. The van der Waals surface area contributed by atoms with Crippen LogP contribution in [-0.4, -0.2) is 18.2 Å². The van der Waals surface area contributed by atoms with E-state index in [4.69, 9.17) is 9.84 Å². The number of carboxylic acid groups (broad SMARTS) is 1. The van der Waals surface area contributed by atoms with E-state index < -0.39 is 5.97 Å². The Morgan fingerprint density at radius 1 is 1.50 bits per heavy atom. The number of carbonyl (C=O) groups is 1. The van der Waals surface area contributed by atoms with E-state index in [9.17, 15) is 4.79 Å². The predicted octanol–water partition coefficient (Wildman–Crippen LogP) is 2.54. The highest BCUT2D eigenvalue weighted by Crippen LogP contribution is 2.17. The highest BCUT2D eigenvalue weighted by Gasteiger charge is 2.08. The zero-order valence-electron chi connectivity index (χ0n) is 9.41. The summed E-state index contributed by atoms with van der Waals surface area (Å²) in [5.74, 6) is 5.44. The average Bonchev–Trinajstić information content (AvgIpc) is 2.29. The standard InChI is InChI=1S/C13H14O3/c1-3-4-5-6-10-9-11(16-2)7-8-12(10)13(14)15/h7-9H,3-4H2,1-2H3,(H,14,15). The molecule has 1 aromatic rings. The van der Waals surface area contributed by atoms with Crippen LogP contribution in [0, 0.1) is 11.8 Å². The maximum Gasteiger partial charge on any atom is 0.336 e. The molecule has 3 heteroatoms. The fraction of sp³-hybridized carbons (Fsp3) is 0.308. The summed E-state index contributed by atoms with van der Waals surface area (Å²) in [6.07, 6.45) is 1.72. The number of carboxylic acids is 1. The molecule has 1 N–H and O–H groups in total. The Hall–Kier alpha value is -1.95. The van der Waals surface area contributed by atoms with Crippen LogP contribution in [0.25, 0.3) is 0 Å². The van der Waals surface area contributed by atoms with Crippen molar-refractivity contribution in [3.8, 4) is 17.6 Å². The van der Waals surface area contributed by atoms with Gasteiger partial charge in [0.2, 0.25) is 0 Å². The van der Waals surface area contributed by atoms with Crippen molar-refractivity contribution in [1.29, 1.82) is 0 Å². The van der Waals surface area contributed by atoms with E-state index in [2.05, 4.69) is 11.8 Å². The Morgan fingerprint density at radius 3 is 2.81 bits per heavy atom. The van der Waals surface area contributed by atoms with Crippen LogP contribution < -0.4 is 4.74 Å². The molecule has 0 aliphatic heterocycles. The molecule has 0 spiro atoms. The van der Waals surface area contributed by atoms with Crippen molar-refractivity contribution in [3.63, 3.8) is 0 Å². The van der Waals surface area contributed by atoms with E-state index in [1.165, 1.54) is 6.07 Å². The van der Waals surface area contributed by atoms with Gasteiger partial charge in [-0.3, -0.25) is 0 Å². The zero-order chi connectivity index (χ0) is 12.0. The molecule has 16 heavy (non-hydrogen) atoms. The summed E-state index contributed by atoms with van der Waals surface area (Å²) in [5, 5.41) is 8.98. The Bertz CT molecular complexity index is 438. The van der Waals surface area contributed by atoms with Gasteiger partial charge in [-0.05, 0) is 24.6 Å². The van der Waals surface area contributed by atoms with E-state index in [0.717, 1.165) is 12.8 Å². The Labute approximate surface area is 95.1 Å². The van der Waals surface area contributed by atoms with Gasteiger partial charge in [-0.25, -0.2) is 4.79 Å². The van der Waals surface area contributed by atoms with Gasteiger partial charge in [0.25, 0.3) is 0 Å². The molecule has 0 heterocycles. The van der Waals surface area contributed by atoms with Crippen molar-refractivity contribution in [2.45, 2.75) is 19.8 Å². The number of unbranched alkanes of at least 4 members (excludes halogenated alkanes) is 1. The van der Waals surface area contributed by atoms with Crippen LogP contribution in [0.2, 0.25) is 0 Å². The van der Waals surface area contributed by atoms with Crippen molar-refractivity contribution in [2.75, 3.05) is 7.11 Å². The van der Waals surface area contributed by atoms with Crippen LogP contribution in [0.1, 0.15) is 35.7 Å². The van der Waals surface area contributed by atoms with E-state index in [1.807, 2.05) is 6.92 Å². The Balaban J connectivity index is 3.11. The maximum atomic E-state index is 10.9. The minimum absolute atomic E-state index is 0.212. The summed E-state index contributed by atoms with van der Waals surface area (Å²) in [5.41, 5.74) is 0.713. The summed E-state index contributed by atoms with van der Waals surface area (Å²) in [6.45, 7) is 2.03. The molecule has 0 saturated carbocycles. The van der Waals surface area contributed by atoms with Crippen molar-refractivity contribution in [3.05, 3.63) is 29.3 Å². The second kappa shape index (κ2) is 5.82. The van der Waals surface area contributed by atoms with Crippen LogP contribution in [-0.2, 0) is 0 Å². The fourth-order valence-electron chi connectivity index (χ4n) is 1.22. The fourth-order valence-corrected chi connectivity index (χ4v) is 1.22. The van der Waals surface area contributed by atoms with Crippen molar-refractivity contribution < 1.29 is 14.6 Å². The monoisotopic (exact) mass is 218 g/mol. The first-order valence-corrected chi connectivity index (χ1v) is 5.09. The van der Waals surface area contributed by atoms with Gasteiger partial charge in [0, 0.05) is 12.0 Å².